The van der Waals surface area contributed by atoms with Crippen LogP contribution < -0.4 is 5.32 Å². The maximum atomic E-state index is 13.5. The van der Waals surface area contributed by atoms with Gasteiger partial charge >= 0.3 is 5.97 Å². The third-order valence-corrected chi connectivity index (χ3v) is 6.66. The number of nitrogens with one attached hydrogen (secondary N) is 1. The highest BCUT2D eigenvalue weighted by Crippen LogP contribution is 2.32. The van der Waals surface area contributed by atoms with E-state index in [1.165, 1.54) is 24.3 Å². The van der Waals surface area contributed by atoms with Crippen molar-refractivity contribution >= 4 is 22.9 Å². The van der Waals surface area contributed by atoms with Gasteiger partial charge in [-0.25, -0.2) is 18.7 Å². The number of nitrogens with zero attached hydrogens (tertiary/aromatic N) is 2. The predicted octanol–water partition coefficient (Wildman–Crippen LogP) is 5.79. The molecule has 1 amide bonds. The monoisotopic (exact) mass is 501 g/mol. The van der Waals surface area contributed by atoms with E-state index in [-0.39, 0.29) is 30.0 Å². The van der Waals surface area contributed by atoms with Crippen molar-refractivity contribution in [1.29, 1.82) is 0 Å². The quantitative estimate of drug-likeness (QED) is 0.298. The van der Waals surface area contributed by atoms with Gasteiger partial charge in [0.25, 0.3) is 5.91 Å². The van der Waals surface area contributed by atoms with Crippen LogP contribution in [0.1, 0.15) is 58.9 Å². The molecule has 4 aromatic rings. The Morgan fingerprint density at radius 3 is 2.49 bits per heavy atom. The summed E-state index contributed by atoms with van der Waals surface area (Å²) in [5.74, 6) is -1.74. The van der Waals surface area contributed by atoms with E-state index < -0.39 is 5.97 Å². The average molecular weight is 502 g/mol. The van der Waals surface area contributed by atoms with Crippen LogP contribution in [0.15, 0.2) is 60.7 Å². The van der Waals surface area contributed by atoms with E-state index in [9.17, 15) is 18.4 Å². The summed E-state index contributed by atoms with van der Waals surface area (Å²) in [4.78, 5) is 33.5. The molecule has 3 aromatic carbocycles. The Hall–Kier alpha value is -4.20. The molecule has 1 heterocycles. The van der Waals surface area contributed by atoms with Gasteiger partial charge < -0.3 is 10.4 Å². The first-order valence-electron chi connectivity index (χ1n) is 12.2. The topological polar surface area (TPSA) is 92.2 Å². The third kappa shape index (κ3) is 5.48. The van der Waals surface area contributed by atoms with Crippen LogP contribution in [0.2, 0.25) is 0 Å². The van der Waals surface area contributed by atoms with Crippen molar-refractivity contribution in [3.05, 3.63) is 94.7 Å². The number of rotatable bonds is 8. The smallest absolute Gasteiger partial charge is 0.303 e. The van der Waals surface area contributed by atoms with Crippen LogP contribution in [0.3, 0.4) is 0 Å². The lowest BCUT2D eigenvalue weighted by Crippen LogP contribution is -2.27. The van der Waals surface area contributed by atoms with Gasteiger partial charge in [-0.05, 0) is 97.8 Å². The number of aryl methyl sites for hydroxylation is 2. The van der Waals surface area contributed by atoms with Crippen molar-refractivity contribution < 1.29 is 23.5 Å². The lowest BCUT2D eigenvalue weighted by Gasteiger charge is -2.15. The maximum absolute atomic E-state index is 13.5. The summed E-state index contributed by atoms with van der Waals surface area (Å²) in [6.45, 7) is 0. The van der Waals surface area contributed by atoms with Gasteiger partial charge in [0.2, 0.25) is 0 Å². The average Bonchev–Trinajstić information content (AvgIpc) is 3.27. The van der Waals surface area contributed by atoms with E-state index in [4.69, 9.17) is 15.1 Å². The Kier molecular flexibility index (Phi) is 6.90. The maximum Gasteiger partial charge on any atom is 0.303 e. The standard InChI is InChI=1S/C29H25F2N3O3/c30-20-9-5-17(6-10-20)28-25(3-1-2-4-27(35)36)32-26-16-19(8-14-24(26)33-28)29(37)34-23-13-7-18-15-21(31)11-12-22(18)23/h5-6,8-12,14-16,23H,1-4,7,13H2,(H,34,37)(H,35,36)/t23-/m0/s1. The van der Waals surface area contributed by atoms with E-state index in [2.05, 4.69) is 5.32 Å². The van der Waals surface area contributed by atoms with Crippen LogP contribution in [0.4, 0.5) is 8.78 Å². The predicted molar refractivity (Wildman–Crippen MR) is 135 cm³/mol. The van der Waals surface area contributed by atoms with Gasteiger partial charge in [-0.3, -0.25) is 9.59 Å². The zero-order chi connectivity index (χ0) is 25.9. The molecule has 0 unspecified atom stereocenters. The fourth-order valence-electron chi connectivity index (χ4n) is 4.79. The second-order valence-electron chi connectivity index (χ2n) is 9.24. The summed E-state index contributed by atoms with van der Waals surface area (Å²) < 4.78 is 27.0. The molecule has 1 aromatic heterocycles. The lowest BCUT2D eigenvalue weighted by atomic mass is 10.0. The zero-order valence-corrected chi connectivity index (χ0v) is 20.0. The number of halogens is 2. The van der Waals surface area contributed by atoms with Gasteiger partial charge in [0.05, 0.1) is 28.5 Å². The molecule has 37 heavy (non-hydrogen) atoms. The lowest BCUT2D eigenvalue weighted by molar-refractivity contribution is -0.137. The van der Waals surface area contributed by atoms with Crippen molar-refractivity contribution in [2.45, 2.75) is 44.6 Å². The number of carboxylic acid groups (broad SMARTS) is 1. The number of benzene rings is 3. The largest absolute Gasteiger partial charge is 0.481 e. The molecule has 5 rings (SSSR count). The van der Waals surface area contributed by atoms with Gasteiger partial charge in [0, 0.05) is 17.5 Å². The van der Waals surface area contributed by atoms with E-state index in [0.29, 0.717) is 65.7 Å². The molecule has 6 nitrogen and oxygen atoms in total. The van der Waals surface area contributed by atoms with E-state index in [1.54, 1.807) is 36.4 Å². The first-order chi connectivity index (χ1) is 17.9. The number of carboxylic acids is 1. The fourth-order valence-corrected chi connectivity index (χ4v) is 4.79. The Balaban J connectivity index is 1.42. The molecule has 0 spiro atoms. The summed E-state index contributed by atoms with van der Waals surface area (Å²) in [7, 11) is 0. The van der Waals surface area contributed by atoms with Crippen LogP contribution in [-0.2, 0) is 17.6 Å². The van der Waals surface area contributed by atoms with Crippen molar-refractivity contribution in [2.24, 2.45) is 0 Å². The molecule has 2 N–H and O–H groups in total. The number of amides is 1. The number of carbonyl (C=O) groups is 2. The van der Waals surface area contributed by atoms with Gasteiger partial charge in [0.15, 0.2) is 0 Å². The van der Waals surface area contributed by atoms with Crippen molar-refractivity contribution in [2.75, 3.05) is 0 Å². The van der Waals surface area contributed by atoms with Crippen LogP contribution in [0, 0.1) is 11.6 Å². The number of aromatic nitrogens is 2. The van der Waals surface area contributed by atoms with Crippen molar-refractivity contribution in [3.63, 3.8) is 0 Å². The molecule has 0 radical (unpaired) electrons. The molecular weight excluding hydrogens is 476 g/mol. The second kappa shape index (κ2) is 10.4. The molecular formula is C29H25F2N3O3. The molecule has 1 aliphatic rings. The van der Waals surface area contributed by atoms with Gasteiger partial charge in [-0.1, -0.05) is 6.07 Å². The number of fused-ring (bicyclic) bond motifs is 2. The molecule has 0 saturated carbocycles. The van der Waals surface area contributed by atoms with Crippen molar-refractivity contribution in [1.82, 2.24) is 15.3 Å². The minimum absolute atomic E-state index is 0.0636. The highest BCUT2D eigenvalue weighted by atomic mass is 19.1. The summed E-state index contributed by atoms with van der Waals surface area (Å²) in [5, 5.41) is 12.0. The Morgan fingerprint density at radius 2 is 1.70 bits per heavy atom. The normalized spacial score (nSPS) is 14.5. The van der Waals surface area contributed by atoms with Crippen LogP contribution >= 0.6 is 0 Å². The number of hydrogen-bond acceptors (Lipinski definition) is 4. The first kappa shape index (κ1) is 24.5. The minimum Gasteiger partial charge on any atom is -0.481 e. The Bertz CT molecular complexity index is 1490. The van der Waals surface area contributed by atoms with Gasteiger partial charge in [-0.2, -0.15) is 0 Å². The summed E-state index contributed by atoms with van der Waals surface area (Å²) in [6, 6.07) is 15.6. The van der Waals surface area contributed by atoms with Crippen LogP contribution in [0.25, 0.3) is 22.3 Å². The minimum atomic E-state index is -0.853. The molecule has 188 valence electrons. The summed E-state index contributed by atoms with van der Waals surface area (Å²) in [5.41, 5.74) is 5.39. The number of aliphatic carboxylic acids is 1. The van der Waals surface area contributed by atoms with Crippen molar-refractivity contribution in [3.8, 4) is 11.3 Å². The first-order valence-corrected chi connectivity index (χ1v) is 12.2. The van der Waals surface area contributed by atoms with Crippen LogP contribution in [0.5, 0.6) is 0 Å². The second-order valence-corrected chi connectivity index (χ2v) is 9.24. The molecule has 0 saturated heterocycles. The molecule has 0 fully saturated rings. The molecule has 8 heteroatoms. The molecule has 1 aliphatic carbocycles. The summed E-state index contributed by atoms with van der Waals surface area (Å²) in [6.07, 6.45) is 3.07. The zero-order valence-electron chi connectivity index (χ0n) is 20.0. The van der Waals surface area contributed by atoms with E-state index >= 15 is 0 Å². The summed E-state index contributed by atoms with van der Waals surface area (Å²) >= 11 is 0. The van der Waals surface area contributed by atoms with Gasteiger partial charge in [0.1, 0.15) is 11.6 Å². The molecule has 1 atom stereocenters. The third-order valence-electron chi connectivity index (χ3n) is 6.66. The molecule has 0 bridgehead atoms. The van der Waals surface area contributed by atoms with E-state index in [1.807, 2.05) is 0 Å². The Labute approximate surface area is 212 Å². The molecule has 0 aliphatic heterocycles. The number of unbranched alkanes of at least 4 members (excludes halogenated alkanes) is 1. The fraction of sp³-hybridized carbons (Fsp3) is 0.241. The SMILES string of the molecule is O=C(O)CCCCc1nc2cc(C(=O)N[C@H]3CCc4cc(F)ccc43)ccc2nc1-c1ccc(F)cc1. The number of hydrogen-bond donors (Lipinski definition) is 2. The van der Waals surface area contributed by atoms with Gasteiger partial charge in [-0.15, -0.1) is 0 Å². The number of carbonyl (C=O) groups excluding carboxylic acids is 1. The van der Waals surface area contributed by atoms with Crippen LogP contribution in [-0.4, -0.2) is 27.0 Å². The highest BCUT2D eigenvalue weighted by Gasteiger charge is 2.25. The van der Waals surface area contributed by atoms with E-state index in [0.717, 1.165) is 11.1 Å². The Morgan fingerprint density at radius 1 is 0.919 bits per heavy atom. The highest BCUT2D eigenvalue weighted by molar-refractivity contribution is 5.97.